The average Bonchev–Trinajstić information content (AvgIpc) is 3.56. The molecule has 9 nitrogen and oxygen atoms in total. The molecule has 11 heteroatoms. The number of nitrogens with two attached hydrogens (primary N) is 3. The van der Waals surface area contributed by atoms with E-state index in [1.165, 1.54) is 0 Å². The lowest BCUT2D eigenvalue weighted by Crippen LogP contribution is -2.35. The van der Waals surface area contributed by atoms with Crippen molar-refractivity contribution in [3.05, 3.63) is 48.5 Å². The number of rotatable bonds is 11. The predicted octanol–water partition coefficient (Wildman–Crippen LogP) is 1.69. The second kappa shape index (κ2) is 10.7. The van der Waals surface area contributed by atoms with Gasteiger partial charge in [-0.05, 0) is 61.4 Å². The second-order valence-electron chi connectivity index (χ2n) is 7.38. The Balaban J connectivity index is 1.50. The van der Waals surface area contributed by atoms with Crippen molar-refractivity contribution >= 4 is 39.2 Å². The SMILES string of the molecule is NC(N)=NCCC[C@H](N)C(=O)Nc1ccc(Oc2ccc(S(=O)(=O)CC3CS3)cc2)cc1. The molecule has 1 unspecified atom stereocenters. The third kappa shape index (κ3) is 7.43. The Morgan fingerprint density at radius 3 is 2.28 bits per heavy atom. The summed E-state index contributed by atoms with van der Waals surface area (Å²) in [4.78, 5) is 16.3. The van der Waals surface area contributed by atoms with Gasteiger partial charge in [0.05, 0.1) is 16.7 Å². The van der Waals surface area contributed by atoms with Crippen molar-refractivity contribution in [1.29, 1.82) is 0 Å². The summed E-state index contributed by atoms with van der Waals surface area (Å²) in [5.41, 5.74) is 17.0. The van der Waals surface area contributed by atoms with Gasteiger partial charge in [-0.2, -0.15) is 11.8 Å². The fourth-order valence-electron chi connectivity index (χ4n) is 2.85. The highest BCUT2D eigenvalue weighted by molar-refractivity contribution is 8.08. The highest BCUT2D eigenvalue weighted by Gasteiger charge is 2.29. The molecule has 1 amide bonds. The number of sulfone groups is 1. The summed E-state index contributed by atoms with van der Waals surface area (Å²) in [5, 5.41) is 2.97. The van der Waals surface area contributed by atoms with Gasteiger partial charge in [0.25, 0.3) is 0 Å². The first-order valence-corrected chi connectivity index (χ1v) is 12.8. The van der Waals surface area contributed by atoms with E-state index in [-0.39, 0.29) is 22.9 Å². The fourth-order valence-corrected chi connectivity index (χ4v) is 5.52. The number of nitrogens with zero attached hydrogens (tertiary/aromatic N) is 1. The highest BCUT2D eigenvalue weighted by Crippen LogP contribution is 2.33. The number of carbonyl (C=O) groups excluding carboxylic acids is 1. The molecule has 0 radical (unpaired) electrons. The van der Waals surface area contributed by atoms with Crippen LogP contribution in [0.15, 0.2) is 58.4 Å². The van der Waals surface area contributed by atoms with Crippen molar-refractivity contribution in [2.75, 3.05) is 23.4 Å². The maximum atomic E-state index is 12.3. The summed E-state index contributed by atoms with van der Waals surface area (Å²) < 4.78 is 30.4. The van der Waals surface area contributed by atoms with Crippen molar-refractivity contribution in [3.63, 3.8) is 0 Å². The fraction of sp³-hybridized carbons (Fsp3) is 0.333. The monoisotopic (exact) mass is 477 g/mol. The number of hydrogen-bond acceptors (Lipinski definition) is 7. The predicted molar refractivity (Wildman–Crippen MR) is 128 cm³/mol. The van der Waals surface area contributed by atoms with Crippen molar-refractivity contribution in [3.8, 4) is 11.5 Å². The molecule has 2 aromatic rings. The molecule has 32 heavy (non-hydrogen) atoms. The summed E-state index contributed by atoms with van der Waals surface area (Å²) in [5.74, 6) is 1.86. The Morgan fingerprint density at radius 1 is 1.12 bits per heavy atom. The van der Waals surface area contributed by atoms with E-state index in [0.717, 1.165) is 5.75 Å². The number of anilines is 1. The molecule has 1 heterocycles. The molecule has 1 aliphatic heterocycles. The Hall–Kier alpha value is -2.76. The molecular weight excluding hydrogens is 450 g/mol. The van der Waals surface area contributed by atoms with Crippen molar-refractivity contribution < 1.29 is 17.9 Å². The maximum absolute atomic E-state index is 12.3. The van der Waals surface area contributed by atoms with Gasteiger partial charge in [0.15, 0.2) is 15.8 Å². The lowest BCUT2D eigenvalue weighted by molar-refractivity contribution is -0.117. The quantitative estimate of drug-likeness (QED) is 0.164. The number of ether oxygens (including phenoxy) is 1. The molecule has 0 spiro atoms. The minimum Gasteiger partial charge on any atom is -0.457 e. The lowest BCUT2D eigenvalue weighted by Gasteiger charge is -2.12. The Morgan fingerprint density at radius 2 is 1.72 bits per heavy atom. The van der Waals surface area contributed by atoms with Crippen LogP contribution in [0, 0.1) is 0 Å². The number of amides is 1. The zero-order chi connectivity index (χ0) is 23.1. The first-order valence-electron chi connectivity index (χ1n) is 10.1. The minimum atomic E-state index is -3.27. The first-order chi connectivity index (χ1) is 15.2. The first kappa shape index (κ1) is 23.9. The van der Waals surface area contributed by atoms with Gasteiger partial charge in [-0.1, -0.05) is 0 Å². The molecule has 2 aromatic carbocycles. The number of guanidine groups is 1. The largest absolute Gasteiger partial charge is 0.457 e. The van der Waals surface area contributed by atoms with E-state index < -0.39 is 15.9 Å². The standard InChI is InChI=1S/C21H27N5O4S2/c22-19(2-1-11-25-21(23)24)20(27)26-14-3-5-15(6-4-14)30-16-7-9-18(10-8-16)32(28,29)13-17-12-31-17/h3-10,17,19H,1-2,11-13,22H2,(H,26,27)(H4,23,24,25)/t17?,19-/m0/s1. The molecule has 1 saturated heterocycles. The van der Waals surface area contributed by atoms with E-state index in [9.17, 15) is 13.2 Å². The van der Waals surface area contributed by atoms with Crippen LogP contribution in [0.1, 0.15) is 12.8 Å². The highest BCUT2D eigenvalue weighted by atomic mass is 32.2. The van der Waals surface area contributed by atoms with Gasteiger partial charge >= 0.3 is 0 Å². The zero-order valence-electron chi connectivity index (χ0n) is 17.4. The summed E-state index contributed by atoms with van der Waals surface area (Å²) in [6.45, 7) is 0.418. The molecule has 7 N–H and O–H groups in total. The van der Waals surface area contributed by atoms with E-state index in [1.54, 1.807) is 60.3 Å². The van der Waals surface area contributed by atoms with E-state index in [2.05, 4.69) is 10.3 Å². The molecule has 0 aromatic heterocycles. The Kier molecular flexibility index (Phi) is 7.99. The van der Waals surface area contributed by atoms with E-state index >= 15 is 0 Å². The molecule has 0 aliphatic carbocycles. The molecule has 3 rings (SSSR count). The van der Waals surface area contributed by atoms with Crippen LogP contribution in [-0.2, 0) is 14.6 Å². The van der Waals surface area contributed by atoms with Gasteiger partial charge in [0, 0.05) is 23.2 Å². The van der Waals surface area contributed by atoms with Crippen LogP contribution < -0.4 is 27.3 Å². The topological polar surface area (TPSA) is 163 Å². The maximum Gasteiger partial charge on any atom is 0.241 e. The van der Waals surface area contributed by atoms with Gasteiger partial charge in [-0.3, -0.25) is 9.79 Å². The van der Waals surface area contributed by atoms with Crippen LogP contribution in [0.5, 0.6) is 11.5 Å². The number of carbonyl (C=O) groups is 1. The molecular formula is C21H27N5O4S2. The van der Waals surface area contributed by atoms with E-state index in [1.807, 2.05) is 0 Å². The van der Waals surface area contributed by atoms with Gasteiger partial charge in [0.2, 0.25) is 5.91 Å². The smallest absolute Gasteiger partial charge is 0.241 e. The van der Waals surface area contributed by atoms with Gasteiger partial charge in [-0.25, -0.2) is 8.42 Å². The molecule has 2 atom stereocenters. The minimum absolute atomic E-state index is 0.0130. The van der Waals surface area contributed by atoms with Crippen molar-refractivity contribution in [2.24, 2.45) is 22.2 Å². The van der Waals surface area contributed by atoms with Crippen LogP contribution in [0.4, 0.5) is 5.69 Å². The third-order valence-corrected chi connectivity index (χ3v) is 7.67. The molecule has 1 fully saturated rings. The van der Waals surface area contributed by atoms with Crippen LogP contribution >= 0.6 is 11.8 Å². The summed E-state index contributed by atoms with van der Waals surface area (Å²) in [6, 6.07) is 12.5. The van der Waals surface area contributed by atoms with Crippen LogP contribution in [0.2, 0.25) is 0 Å². The third-order valence-electron chi connectivity index (χ3n) is 4.65. The molecule has 1 aliphatic rings. The Bertz CT molecular complexity index is 1050. The second-order valence-corrected chi connectivity index (χ2v) is 10.7. The Labute approximate surface area is 191 Å². The number of hydrogen-bond donors (Lipinski definition) is 4. The number of nitrogens with one attached hydrogen (secondary N) is 1. The molecule has 0 saturated carbocycles. The van der Waals surface area contributed by atoms with Crippen molar-refractivity contribution in [2.45, 2.75) is 29.0 Å². The summed E-state index contributed by atoms with van der Waals surface area (Å²) >= 11 is 1.66. The van der Waals surface area contributed by atoms with Crippen LogP contribution in [0.25, 0.3) is 0 Å². The average molecular weight is 478 g/mol. The van der Waals surface area contributed by atoms with E-state index in [0.29, 0.717) is 41.5 Å². The molecule has 0 bridgehead atoms. The lowest BCUT2D eigenvalue weighted by atomic mass is 10.1. The van der Waals surface area contributed by atoms with Crippen molar-refractivity contribution in [1.82, 2.24) is 0 Å². The van der Waals surface area contributed by atoms with E-state index in [4.69, 9.17) is 21.9 Å². The number of aliphatic imine (C=N–C) groups is 1. The van der Waals surface area contributed by atoms with Crippen LogP contribution in [0.3, 0.4) is 0 Å². The zero-order valence-corrected chi connectivity index (χ0v) is 19.1. The summed E-state index contributed by atoms with van der Waals surface area (Å²) in [7, 11) is -3.27. The number of thioether (sulfide) groups is 1. The summed E-state index contributed by atoms with van der Waals surface area (Å²) in [6.07, 6.45) is 1.05. The molecule has 172 valence electrons. The normalized spacial score (nSPS) is 16.1. The number of benzene rings is 2. The van der Waals surface area contributed by atoms with Gasteiger partial charge in [0.1, 0.15) is 11.5 Å². The van der Waals surface area contributed by atoms with Crippen LogP contribution in [-0.4, -0.2) is 49.6 Å². The van der Waals surface area contributed by atoms with Gasteiger partial charge < -0.3 is 27.3 Å². The van der Waals surface area contributed by atoms with Gasteiger partial charge in [-0.15, -0.1) is 0 Å².